The zero-order chi connectivity index (χ0) is 19.3. The van der Waals surface area contributed by atoms with Crippen molar-refractivity contribution in [3.63, 3.8) is 0 Å². The molecule has 2 heterocycles. The molecule has 0 aliphatic heterocycles. The number of amides is 1. The van der Waals surface area contributed by atoms with E-state index in [2.05, 4.69) is 25.6 Å². The maximum atomic E-state index is 11.6. The van der Waals surface area contributed by atoms with Gasteiger partial charge in [0, 0.05) is 6.20 Å². The van der Waals surface area contributed by atoms with Crippen molar-refractivity contribution in [1.82, 2.24) is 15.0 Å². The van der Waals surface area contributed by atoms with Gasteiger partial charge in [-0.15, -0.1) is 0 Å². The number of nitrogens with zero attached hydrogens (tertiary/aromatic N) is 3. The van der Waals surface area contributed by atoms with Gasteiger partial charge in [-0.1, -0.05) is 13.8 Å². The Morgan fingerprint density at radius 1 is 1.31 bits per heavy atom. The maximum absolute atomic E-state index is 11.6. The number of pyridine rings is 1. The van der Waals surface area contributed by atoms with Crippen molar-refractivity contribution in [2.75, 3.05) is 10.6 Å². The second-order valence-corrected chi connectivity index (χ2v) is 6.56. The molecule has 0 fully saturated rings. The Morgan fingerprint density at radius 3 is 2.62 bits per heavy atom. The van der Waals surface area contributed by atoms with Gasteiger partial charge in [0.25, 0.3) is 5.91 Å². The van der Waals surface area contributed by atoms with Gasteiger partial charge >= 0.3 is 0 Å². The second-order valence-electron chi connectivity index (χ2n) is 6.56. The minimum Gasteiger partial charge on any atom is -0.377 e. The van der Waals surface area contributed by atoms with Gasteiger partial charge < -0.3 is 27.2 Å². The first-order valence-electron chi connectivity index (χ1n) is 8.32. The van der Waals surface area contributed by atoms with Gasteiger partial charge in [0.05, 0.1) is 24.1 Å². The van der Waals surface area contributed by atoms with E-state index in [4.69, 9.17) is 11.5 Å². The third kappa shape index (κ3) is 5.36. The Labute approximate surface area is 152 Å². The summed E-state index contributed by atoms with van der Waals surface area (Å²) >= 11 is 0. The zero-order valence-electron chi connectivity index (χ0n) is 15.1. The molecule has 9 heteroatoms. The molecule has 0 saturated carbocycles. The fraction of sp³-hybridized carbons (Fsp3) is 0.412. The molecule has 9 nitrogen and oxygen atoms in total. The third-order valence-electron chi connectivity index (χ3n) is 3.61. The SMILES string of the molecule is Cc1cncc(Nc2nc(N[C@H](CC(C)C)C(N)O)cnc2C(N)=O)c1. The topological polar surface area (TPSA) is 152 Å². The lowest BCUT2D eigenvalue weighted by molar-refractivity contribution is 0.0996. The Kier molecular flexibility index (Phi) is 6.42. The summed E-state index contributed by atoms with van der Waals surface area (Å²) in [6, 6.07) is 1.45. The number of nitrogens with one attached hydrogen (secondary N) is 2. The van der Waals surface area contributed by atoms with Crippen molar-refractivity contribution in [3.8, 4) is 0 Å². The van der Waals surface area contributed by atoms with Crippen LogP contribution in [-0.4, -0.2) is 38.2 Å². The highest BCUT2D eigenvalue weighted by molar-refractivity contribution is 5.96. The van der Waals surface area contributed by atoms with Crippen molar-refractivity contribution in [2.45, 2.75) is 39.5 Å². The number of aliphatic hydroxyl groups is 1. The highest BCUT2D eigenvalue weighted by Gasteiger charge is 2.19. The second kappa shape index (κ2) is 8.54. The number of primary amides is 1. The lowest BCUT2D eigenvalue weighted by Gasteiger charge is -2.23. The molecular weight excluding hydrogens is 334 g/mol. The minimum atomic E-state index is -1.06. The zero-order valence-corrected chi connectivity index (χ0v) is 15.1. The predicted molar refractivity (Wildman–Crippen MR) is 99.9 cm³/mol. The van der Waals surface area contributed by atoms with E-state index in [0.717, 1.165) is 5.56 Å². The van der Waals surface area contributed by atoms with Crippen LogP contribution >= 0.6 is 0 Å². The number of aromatic nitrogens is 3. The lowest BCUT2D eigenvalue weighted by Crippen LogP contribution is -2.41. The van der Waals surface area contributed by atoms with Crippen LogP contribution in [0.15, 0.2) is 24.7 Å². The summed E-state index contributed by atoms with van der Waals surface area (Å²) in [7, 11) is 0. The fourth-order valence-corrected chi connectivity index (χ4v) is 2.47. The molecule has 1 unspecified atom stereocenters. The van der Waals surface area contributed by atoms with Crippen molar-refractivity contribution >= 4 is 23.2 Å². The van der Waals surface area contributed by atoms with E-state index in [1.807, 2.05) is 26.8 Å². The van der Waals surface area contributed by atoms with Crippen LogP contribution in [0.5, 0.6) is 0 Å². The number of nitrogens with two attached hydrogens (primary N) is 2. The van der Waals surface area contributed by atoms with Crippen LogP contribution in [0.1, 0.15) is 36.3 Å². The molecule has 2 rings (SSSR count). The molecule has 2 aromatic rings. The van der Waals surface area contributed by atoms with Gasteiger partial charge in [0.15, 0.2) is 11.5 Å². The standard InChI is InChI=1S/C17H25N7O2/c1-9(2)4-12(15(18)25)23-13-8-21-14(16(19)26)17(24-13)22-11-5-10(3)6-20-7-11/h5-9,12,15,25H,4,18H2,1-3H3,(H2,19,26)(H2,22,23,24)/t12-,15?/m1/s1. The first kappa shape index (κ1) is 19.5. The van der Waals surface area contributed by atoms with E-state index in [0.29, 0.717) is 23.8 Å². The van der Waals surface area contributed by atoms with E-state index >= 15 is 0 Å². The monoisotopic (exact) mass is 359 g/mol. The maximum Gasteiger partial charge on any atom is 0.271 e. The van der Waals surface area contributed by atoms with Crippen LogP contribution in [0, 0.1) is 12.8 Å². The van der Waals surface area contributed by atoms with Gasteiger partial charge in [-0.2, -0.15) is 0 Å². The van der Waals surface area contributed by atoms with Gasteiger partial charge in [0.2, 0.25) is 0 Å². The van der Waals surface area contributed by atoms with E-state index in [9.17, 15) is 9.90 Å². The molecule has 0 aliphatic rings. The molecule has 1 amide bonds. The Balaban J connectivity index is 2.30. The quantitative estimate of drug-likeness (QED) is 0.440. The molecule has 0 spiro atoms. The molecule has 0 radical (unpaired) electrons. The first-order chi connectivity index (χ1) is 12.3. The molecule has 26 heavy (non-hydrogen) atoms. The van der Waals surface area contributed by atoms with Crippen LogP contribution in [0.3, 0.4) is 0 Å². The molecule has 7 N–H and O–H groups in total. The van der Waals surface area contributed by atoms with E-state index in [-0.39, 0.29) is 11.5 Å². The summed E-state index contributed by atoms with van der Waals surface area (Å²) < 4.78 is 0. The molecule has 0 aliphatic carbocycles. The normalized spacial score (nSPS) is 13.3. The van der Waals surface area contributed by atoms with Crippen molar-refractivity contribution in [3.05, 3.63) is 35.9 Å². The Bertz CT molecular complexity index is 765. The minimum absolute atomic E-state index is 0.00534. The van der Waals surface area contributed by atoms with E-state index in [1.54, 1.807) is 12.4 Å². The molecule has 2 aromatic heterocycles. The summed E-state index contributed by atoms with van der Waals surface area (Å²) in [5, 5.41) is 15.8. The molecule has 0 saturated heterocycles. The number of carbonyl (C=O) groups excluding carboxylic acids is 1. The average Bonchev–Trinajstić information content (AvgIpc) is 2.53. The average molecular weight is 359 g/mol. The van der Waals surface area contributed by atoms with Crippen LogP contribution in [0.25, 0.3) is 0 Å². The van der Waals surface area contributed by atoms with Crippen molar-refractivity contribution in [2.24, 2.45) is 17.4 Å². The number of hydrogen-bond donors (Lipinski definition) is 5. The molecule has 0 bridgehead atoms. The molecule has 0 aromatic carbocycles. The number of aliphatic hydroxyl groups excluding tert-OH is 1. The van der Waals surface area contributed by atoms with Crippen LogP contribution in [0.2, 0.25) is 0 Å². The highest BCUT2D eigenvalue weighted by Crippen LogP contribution is 2.20. The summed E-state index contributed by atoms with van der Waals surface area (Å²) in [5.41, 5.74) is 12.6. The fourth-order valence-electron chi connectivity index (χ4n) is 2.47. The van der Waals surface area contributed by atoms with Gasteiger partial charge in [-0.25, -0.2) is 9.97 Å². The molecular formula is C17H25N7O2. The van der Waals surface area contributed by atoms with E-state index < -0.39 is 18.2 Å². The number of aryl methyl sites for hydroxylation is 1. The smallest absolute Gasteiger partial charge is 0.271 e. The van der Waals surface area contributed by atoms with Crippen LogP contribution in [-0.2, 0) is 0 Å². The number of anilines is 3. The number of carbonyl (C=O) groups is 1. The lowest BCUT2D eigenvalue weighted by atomic mass is 10.0. The van der Waals surface area contributed by atoms with E-state index in [1.165, 1.54) is 6.20 Å². The van der Waals surface area contributed by atoms with Crippen molar-refractivity contribution < 1.29 is 9.90 Å². The summed E-state index contributed by atoms with van der Waals surface area (Å²) in [6.07, 6.45) is 4.28. The third-order valence-corrected chi connectivity index (χ3v) is 3.61. The Morgan fingerprint density at radius 2 is 2.04 bits per heavy atom. The summed E-state index contributed by atoms with van der Waals surface area (Å²) in [6.45, 7) is 5.95. The highest BCUT2D eigenvalue weighted by atomic mass is 16.3. The van der Waals surface area contributed by atoms with Gasteiger partial charge in [0.1, 0.15) is 12.0 Å². The Hall–Kier alpha value is -2.78. The first-order valence-corrected chi connectivity index (χ1v) is 8.32. The van der Waals surface area contributed by atoms with Crippen molar-refractivity contribution in [1.29, 1.82) is 0 Å². The van der Waals surface area contributed by atoms with Gasteiger partial charge in [-0.3, -0.25) is 9.78 Å². The molecule has 140 valence electrons. The van der Waals surface area contributed by atoms with Crippen LogP contribution < -0.4 is 22.1 Å². The largest absolute Gasteiger partial charge is 0.377 e. The predicted octanol–water partition coefficient (Wildman–Crippen LogP) is 1.13. The summed E-state index contributed by atoms with van der Waals surface area (Å²) in [5.74, 6) is 0.183. The van der Waals surface area contributed by atoms with Crippen LogP contribution in [0.4, 0.5) is 17.3 Å². The number of hydrogen-bond acceptors (Lipinski definition) is 8. The van der Waals surface area contributed by atoms with Gasteiger partial charge in [-0.05, 0) is 30.9 Å². The number of rotatable bonds is 8. The molecule has 2 atom stereocenters. The summed E-state index contributed by atoms with van der Waals surface area (Å²) in [4.78, 5) is 24.2.